The quantitative estimate of drug-likeness (QED) is 0.784. The Bertz CT molecular complexity index is 582. The smallest absolute Gasteiger partial charge is 0.182 e. The molecule has 2 aromatic rings. The van der Waals surface area contributed by atoms with Crippen molar-refractivity contribution in [3.05, 3.63) is 65.5 Å². The van der Waals surface area contributed by atoms with E-state index in [0.717, 1.165) is 11.6 Å². The fourth-order valence-corrected chi connectivity index (χ4v) is 2.12. The highest BCUT2D eigenvalue weighted by atomic mass is 19.2. The lowest BCUT2D eigenvalue weighted by Gasteiger charge is -2.24. The molecule has 1 atom stereocenters. The van der Waals surface area contributed by atoms with Crippen LogP contribution in [0.1, 0.15) is 25.5 Å². The molecule has 2 rings (SSSR count). The predicted molar refractivity (Wildman–Crippen MR) is 74.0 cm³/mol. The summed E-state index contributed by atoms with van der Waals surface area (Å²) in [5.41, 5.74) is 0.775. The van der Waals surface area contributed by atoms with Crippen molar-refractivity contribution in [2.75, 3.05) is 5.32 Å². The molecule has 4 heteroatoms. The van der Waals surface area contributed by atoms with Gasteiger partial charge in [0.15, 0.2) is 11.6 Å². The average Bonchev–Trinajstić information content (AvgIpc) is 2.41. The van der Waals surface area contributed by atoms with Gasteiger partial charge in [-0.05, 0) is 11.5 Å². The first kappa shape index (κ1) is 14.4. The number of halogens is 3. The fourth-order valence-electron chi connectivity index (χ4n) is 2.12. The number of hydrogen-bond donors (Lipinski definition) is 1. The third-order valence-corrected chi connectivity index (χ3v) is 3.13. The Labute approximate surface area is 116 Å². The molecule has 0 bridgehead atoms. The summed E-state index contributed by atoms with van der Waals surface area (Å²) >= 11 is 0. The Morgan fingerprint density at radius 2 is 1.60 bits per heavy atom. The first-order chi connectivity index (χ1) is 9.49. The molecule has 0 aliphatic rings. The Morgan fingerprint density at radius 3 is 2.20 bits per heavy atom. The summed E-state index contributed by atoms with van der Waals surface area (Å²) in [5, 5.41) is 2.89. The highest BCUT2D eigenvalue weighted by Crippen LogP contribution is 2.29. The lowest BCUT2D eigenvalue weighted by atomic mass is 9.95. The molecule has 0 saturated heterocycles. The number of rotatable bonds is 4. The van der Waals surface area contributed by atoms with Gasteiger partial charge in [-0.15, -0.1) is 0 Å². The zero-order chi connectivity index (χ0) is 14.7. The van der Waals surface area contributed by atoms with Crippen LogP contribution in [0.4, 0.5) is 18.9 Å². The van der Waals surface area contributed by atoms with Gasteiger partial charge in [-0.1, -0.05) is 44.2 Å². The standard InChI is InChI=1S/C16H16F3N/c1-10(2)16(11-6-4-3-5-7-11)20-14-9-12(17)8-13(18)15(14)19/h3-10,16,20H,1-2H3. The van der Waals surface area contributed by atoms with E-state index in [1.807, 2.05) is 44.2 Å². The largest absolute Gasteiger partial charge is 0.375 e. The molecule has 1 N–H and O–H groups in total. The third kappa shape index (κ3) is 3.13. The maximum absolute atomic E-state index is 13.7. The zero-order valence-corrected chi connectivity index (χ0v) is 11.3. The van der Waals surface area contributed by atoms with Crippen molar-refractivity contribution < 1.29 is 13.2 Å². The lowest BCUT2D eigenvalue weighted by Crippen LogP contribution is -2.18. The van der Waals surface area contributed by atoms with Gasteiger partial charge in [0.1, 0.15) is 5.82 Å². The van der Waals surface area contributed by atoms with Crippen LogP contribution in [0.5, 0.6) is 0 Å². The van der Waals surface area contributed by atoms with E-state index in [1.54, 1.807) is 0 Å². The summed E-state index contributed by atoms with van der Waals surface area (Å²) in [6, 6.07) is 10.7. The molecule has 0 heterocycles. The minimum Gasteiger partial charge on any atom is -0.375 e. The van der Waals surface area contributed by atoms with Crippen LogP contribution < -0.4 is 5.32 Å². The van der Waals surface area contributed by atoms with E-state index in [9.17, 15) is 13.2 Å². The SMILES string of the molecule is CC(C)C(Nc1cc(F)cc(F)c1F)c1ccccc1. The van der Waals surface area contributed by atoms with Crippen LogP contribution in [-0.2, 0) is 0 Å². The van der Waals surface area contributed by atoms with Crippen molar-refractivity contribution in [3.8, 4) is 0 Å². The molecule has 1 unspecified atom stereocenters. The van der Waals surface area contributed by atoms with E-state index in [2.05, 4.69) is 5.32 Å². The molecule has 2 aromatic carbocycles. The average molecular weight is 279 g/mol. The zero-order valence-electron chi connectivity index (χ0n) is 11.3. The van der Waals surface area contributed by atoms with E-state index in [1.165, 1.54) is 0 Å². The summed E-state index contributed by atoms with van der Waals surface area (Å²) in [7, 11) is 0. The van der Waals surface area contributed by atoms with E-state index in [-0.39, 0.29) is 17.6 Å². The molecule has 0 saturated carbocycles. The summed E-state index contributed by atoms with van der Waals surface area (Å²) in [6.07, 6.45) is 0. The first-order valence-corrected chi connectivity index (χ1v) is 6.45. The molecule has 0 aromatic heterocycles. The maximum Gasteiger partial charge on any atom is 0.182 e. The fraction of sp³-hybridized carbons (Fsp3) is 0.250. The van der Waals surface area contributed by atoms with Gasteiger partial charge in [0.2, 0.25) is 0 Å². The van der Waals surface area contributed by atoms with Gasteiger partial charge < -0.3 is 5.32 Å². The summed E-state index contributed by atoms with van der Waals surface area (Å²) < 4.78 is 40.2. The Morgan fingerprint density at radius 1 is 0.950 bits per heavy atom. The minimum absolute atomic E-state index is 0.128. The molecule has 1 nitrogen and oxygen atoms in total. The van der Waals surface area contributed by atoms with Gasteiger partial charge in [0.25, 0.3) is 0 Å². The van der Waals surface area contributed by atoms with Crippen LogP contribution in [0.15, 0.2) is 42.5 Å². The molecule has 106 valence electrons. The minimum atomic E-state index is -1.19. The molecule has 0 aliphatic carbocycles. The van der Waals surface area contributed by atoms with Gasteiger partial charge in [-0.25, -0.2) is 13.2 Å². The van der Waals surface area contributed by atoms with Crippen molar-refractivity contribution in [1.29, 1.82) is 0 Å². The Hall–Kier alpha value is -1.97. The van der Waals surface area contributed by atoms with Gasteiger partial charge in [-0.2, -0.15) is 0 Å². The van der Waals surface area contributed by atoms with E-state index >= 15 is 0 Å². The molecular weight excluding hydrogens is 263 g/mol. The van der Waals surface area contributed by atoms with Crippen molar-refractivity contribution in [1.82, 2.24) is 0 Å². The summed E-state index contributed by atoms with van der Waals surface area (Å²) in [6.45, 7) is 3.91. The lowest BCUT2D eigenvalue weighted by molar-refractivity contribution is 0.489. The number of hydrogen-bond acceptors (Lipinski definition) is 1. The van der Waals surface area contributed by atoms with Gasteiger partial charge in [-0.3, -0.25) is 0 Å². The third-order valence-electron chi connectivity index (χ3n) is 3.13. The molecular formula is C16H16F3N. The van der Waals surface area contributed by atoms with E-state index in [4.69, 9.17) is 0 Å². The van der Waals surface area contributed by atoms with Crippen molar-refractivity contribution >= 4 is 5.69 Å². The van der Waals surface area contributed by atoms with E-state index < -0.39 is 17.5 Å². The maximum atomic E-state index is 13.7. The normalized spacial score (nSPS) is 12.5. The highest BCUT2D eigenvalue weighted by molar-refractivity contribution is 5.48. The van der Waals surface area contributed by atoms with Crippen molar-refractivity contribution in [2.24, 2.45) is 5.92 Å². The molecule has 0 amide bonds. The second-order valence-corrected chi connectivity index (χ2v) is 5.03. The van der Waals surface area contributed by atoms with Crippen molar-refractivity contribution in [3.63, 3.8) is 0 Å². The van der Waals surface area contributed by atoms with Gasteiger partial charge in [0, 0.05) is 12.1 Å². The predicted octanol–water partition coefficient (Wildman–Crippen LogP) is 4.91. The molecule has 0 spiro atoms. The number of anilines is 1. The van der Waals surface area contributed by atoms with Crippen LogP contribution in [0.3, 0.4) is 0 Å². The first-order valence-electron chi connectivity index (χ1n) is 6.45. The molecule has 0 fully saturated rings. The topological polar surface area (TPSA) is 12.0 Å². The summed E-state index contributed by atoms with van der Waals surface area (Å²) in [5.74, 6) is -2.93. The second kappa shape index (κ2) is 5.99. The van der Waals surface area contributed by atoms with Crippen LogP contribution in [0.25, 0.3) is 0 Å². The number of nitrogens with one attached hydrogen (secondary N) is 1. The van der Waals surface area contributed by atoms with Crippen molar-refractivity contribution in [2.45, 2.75) is 19.9 Å². The molecule has 0 radical (unpaired) electrons. The summed E-state index contributed by atoms with van der Waals surface area (Å²) in [4.78, 5) is 0. The van der Waals surface area contributed by atoms with Gasteiger partial charge >= 0.3 is 0 Å². The molecule has 0 aliphatic heterocycles. The monoisotopic (exact) mass is 279 g/mol. The van der Waals surface area contributed by atoms with Crippen LogP contribution >= 0.6 is 0 Å². The van der Waals surface area contributed by atoms with Gasteiger partial charge in [0.05, 0.1) is 11.7 Å². The highest BCUT2D eigenvalue weighted by Gasteiger charge is 2.19. The number of benzene rings is 2. The second-order valence-electron chi connectivity index (χ2n) is 5.03. The molecule has 20 heavy (non-hydrogen) atoms. The Balaban J connectivity index is 2.35. The van der Waals surface area contributed by atoms with Crippen LogP contribution in [0, 0.1) is 23.4 Å². The van der Waals surface area contributed by atoms with Crippen LogP contribution in [-0.4, -0.2) is 0 Å². The van der Waals surface area contributed by atoms with E-state index in [0.29, 0.717) is 6.07 Å². The Kier molecular flexibility index (Phi) is 4.32. The van der Waals surface area contributed by atoms with Crippen LogP contribution in [0.2, 0.25) is 0 Å².